The van der Waals surface area contributed by atoms with Crippen molar-refractivity contribution in [2.45, 2.75) is 19.3 Å². The minimum atomic E-state index is -0.0442. The van der Waals surface area contributed by atoms with Gasteiger partial charge in [-0.3, -0.25) is 14.5 Å². The Hall–Kier alpha value is -2.86. The number of piperidine rings is 1. The van der Waals surface area contributed by atoms with E-state index < -0.39 is 0 Å². The average molecular weight is 396 g/mol. The minimum absolute atomic E-state index is 0.0152. The number of anilines is 1. The van der Waals surface area contributed by atoms with Crippen molar-refractivity contribution in [1.29, 1.82) is 0 Å². The summed E-state index contributed by atoms with van der Waals surface area (Å²) in [5, 5.41) is 5.95. The number of methoxy groups -OCH3 is 1. The van der Waals surface area contributed by atoms with Gasteiger partial charge in [0, 0.05) is 12.5 Å². The standard InChI is InChI=1S/C23H29N3O3/c1-29-21-10-6-5-9-20(21)25-23(28)19-12-15-26(16-13-19)17-22(27)24-14-11-18-7-3-2-4-8-18/h2-10,19H,11-17H2,1H3,(H,24,27)(H,25,28). The largest absolute Gasteiger partial charge is 0.495 e. The molecule has 154 valence electrons. The second-order valence-corrected chi connectivity index (χ2v) is 7.33. The summed E-state index contributed by atoms with van der Waals surface area (Å²) in [6.07, 6.45) is 2.33. The molecule has 6 nitrogen and oxygen atoms in total. The second kappa shape index (κ2) is 10.6. The Morgan fingerprint density at radius 1 is 1.03 bits per heavy atom. The summed E-state index contributed by atoms with van der Waals surface area (Å²) in [6.45, 7) is 2.52. The Kier molecular flexibility index (Phi) is 7.64. The molecule has 2 amide bonds. The van der Waals surface area contributed by atoms with Gasteiger partial charge in [-0.1, -0.05) is 42.5 Å². The summed E-state index contributed by atoms with van der Waals surface area (Å²) in [4.78, 5) is 26.9. The lowest BCUT2D eigenvalue weighted by atomic mass is 9.95. The third-order valence-electron chi connectivity index (χ3n) is 5.27. The van der Waals surface area contributed by atoms with E-state index in [9.17, 15) is 9.59 Å². The maximum Gasteiger partial charge on any atom is 0.234 e. The molecule has 0 atom stereocenters. The van der Waals surface area contributed by atoms with Gasteiger partial charge in [0.25, 0.3) is 0 Å². The molecule has 0 bridgehead atoms. The van der Waals surface area contributed by atoms with Crippen molar-refractivity contribution in [2.24, 2.45) is 5.92 Å². The van der Waals surface area contributed by atoms with Crippen molar-refractivity contribution in [3.8, 4) is 5.75 Å². The first-order chi connectivity index (χ1) is 14.2. The lowest BCUT2D eigenvalue weighted by Crippen LogP contribution is -2.43. The third-order valence-corrected chi connectivity index (χ3v) is 5.27. The van der Waals surface area contributed by atoms with Crippen molar-refractivity contribution in [1.82, 2.24) is 10.2 Å². The van der Waals surface area contributed by atoms with Crippen LogP contribution in [0.3, 0.4) is 0 Å². The zero-order valence-electron chi connectivity index (χ0n) is 16.9. The number of carbonyl (C=O) groups is 2. The molecule has 0 saturated carbocycles. The van der Waals surface area contributed by atoms with E-state index in [0.29, 0.717) is 24.5 Å². The molecule has 2 aromatic carbocycles. The van der Waals surface area contributed by atoms with Crippen LogP contribution < -0.4 is 15.4 Å². The fraction of sp³-hybridized carbons (Fsp3) is 0.391. The van der Waals surface area contributed by atoms with Crippen molar-refractivity contribution in [2.75, 3.05) is 38.6 Å². The molecular weight excluding hydrogens is 366 g/mol. The predicted molar refractivity (Wildman–Crippen MR) is 114 cm³/mol. The van der Waals surface area contributed by atoms with Gasteiger partial charge in [0.1, 0.15) is 5.75 Å². The quantitative estimate of drug-likeness (QED) is 0.721. The normalized spacial score (nSPS) is 14.9. The molecule has 2 N–H and O–H groups in total. The number of hydrogen-bond donors (Lipinski definition) is 2. The number of para-hydroxylation sites is 2. The van der Waals surface area contributed by atoms with E-state index in [1.54, 1.807) is 7.11 Å². The van der Waals surface area contributed by atoms with Gasteiger partial charge in [0.05, 0.1) is 19.3 Å². The van der Waals surface area contributed by atoms with E-state index in [1.165, 1.54) is 5.56 Å². The zero-order chi connectivity index (χ0) is 20.5. The van der Waals surface area contributed by atoms with E-state index in [0.717, 1.165) is 32.4 Å². The fourth-order valence-electron chi connectivity index (χ4n) is 3.59. The molecule has 1 saturated heterocycles. The van der Waals surface area contributed by atoms with Crippen LogP contribution in [-0.4, -0.2) is 50.0 Å². The molecule has 6 heteroatoms. The Labute approximate surface area is 172 Å². The molecule has 0 unspecified atom stereocenters. The minimum Gasteiger partial charge on any atom is -0.495 e. The Balaban J connectivity index is 1.37. The maximum absolute atomic E-state index is 12.6. The van der Waals surface area contributed by atoms with E-state index in [1.807, 2.05) is 42.5 Å². The van der Waals surface area contributed by atoms with Gasteiger partial charge in [0.15, 0.2) is 0 Å². The molecular formula is C23H29N3O3. The van der Waals surface area contributed by atoms with Crippen molar-refractivity contribution in [3.63, 3.8) is 0 Å². The number of likely N-dealkylation sites (tertiary alicyclic amines) is 1. The monoisotopic (exact) mass is 395 g/mol. The van der Waals surface area contributed by atoms with Gasteiger partial charge >= 0.3 is 0 Å². The molecule has 1 aliphatic heterocycles. The molecule has 0 spiro atoms. The van der Waals surface area contributed by atoms with E-state index in [-0.39, 0.29) is 17.7 Å². The lowest BCUT2D eigenvalue weighted by Gasteiger charge is -2.30. The summed E-state index contributed by atoms with van der Waals surface area (Å²) < 4.78 is 5.29. The summed E-state index contributed by atoms with van der Waals surface area (Å²) in [5.41, 5.74) is 1.91. The molecule has 29 heavy (non-hydrogen) atoms. The number of rotatable bonds is 8. The molecule has 3 rings (SSSR count). The summed E-state index contributed by atoms with van der Waals surface area (Å²) in [5.74, 6) is 0.669. The summed E-state index contributed by atoms with van der Waals surface area (Å²) in [6, 6.07) is 17.5. The van der Waals surface area contributed by atoms with Crippen LogP contribution in [0.2, 0.25) is 0 Å². The first kappa shape index (κ1) is 20.9. The van der Waals surface area contributed by atoms with Crippen molar-refractivity contribution >= 4 is 17.5 Å². The van der Waals surface area contributed by atoms with E-state index >= 15 is 0 Å². The number of carbonyl (C=O) groups excluding carboxylic acids is 2. The topological polar surface area (TPSA) is 70.7 Å². The highest BCUT2D eigenvalue weighted by atomic mass is 16.5. The van der Waals surface area contributed by atoms with Crippen molar-refractivity contribution in [3.05, 3.63) is 60.2 Å². The number of ether oxygens (including phenoxy) is 1. The van der Waals surface area contributed by atoms with Gasteiger partial charge in [-0.2, -0.15) is 0 Å². The smallest absolute Gasteiger partial charge is 0.234 e. The van der Waals surface area contributed by atoms with Crippen LogP contribution >= 0.6 is 0 Å². The highest BCUT2D eigenvalue weighted by Crippen LogP contribution is 2.25. The maximum atomic E-state index is 12.6. The number of benzene rings is 2. The van der Waals surface area contributed by atoms with Gasteiger partial charge in [-0.05, 0) is 50.0 Å². The van der Waals surface area contributed by atoms with Crippen LogP contribution in [0.4, 0.5) is 5.69 Å². The number of amides is 2. The highest BCUT2D eigenvalue weighted by molar-refractivity contribution is 5.94. The Morgan fingerprint density at radius 2 is 1.72 bits per heavy atom. The second-order valence-electron chi connectivity index (χ2n) is 7.33. The lowest BCUT2D eigenvalue weighted by molar-refractivity contribution is -0.123. The molecule has 1 aliphatic rings. The highest BCUT2D eigenvalue weighted by Gasteiger charge is 2.26. The van der Waals surface area contributed by atoms with E-state index in [2.05, 4.69) is 27.7 Å². The van der Waals surface area contributed by atoms with Gasteiger partial charge in [-0.25, -0.2) is 0 Å². The van der Waals surface area contributed by atoms with Gasteiger partial charge < -0.3 is 15.4 Å². The number of nitrogens with one attached hydrogen (secondary N) is 2. The zero-order valence-corrected chi connectivity index (χ0v) is 16.9. The van der Waals surface area contributed by atoms with Crippen LogP contribution in [0.5, 0.6) is 5.75 Å². The van der Waals surface area contributed by atoms with Crippen LogP contribution in [-0.2, 0) is 16.0 Å². The first-order valence-electron chi connectivity index (χ1n) is 10.1. The first-order valence-corrected chi connectivity index (χ1v) is 10.1. The van der Waals surface area contributed by atoms with E-state index in [4.69, 9.17) is 4.74 Å². The molecule has 1 heterocycles. The fourth-order valence-corrected chi connectivity index (χ4v) is 3.59. The predicted octanol–water partition coefficient (Wildman–Crippen LogP) is 2.70. The average Bonchev–Trinajstić information content (AvgIpc) is 2.75. The third kappa shape index (κ3) is 6.32. The van der Waals surface area contributed by atoms with Gasteiger partial charge in [-0.15, -0.1) is 0 Å². The van der Waals surface area contributed by atoms with Crippen LogP contribution in [0.15, 0.2) is 54.6 Å². The Bertz CT molecular complexity index is 802. The summed E-state index contributed by atoms with van der Waals surface area (Å²) >= 11 is 0. The number of nitrogens with zero attached hydrogens (tertiary/aromatic N) is 1. The van der Waals surface area contributed by atoms with Crippen LogP contribution in [0.1, 0.15) is 18.4 Å². The number of hydrogen-bond acceptors (Lipinski definition) is 4. The van der Waals surface area contributed by atoms with Crippen LogP contribution in [0.25, 0.3) is 0 Å². The van der Waals surface area contributed by atoms with Gasteiger partial charge in [0.2, 0.25) is 11.8 Å². The molecule has 1 fully saturated rings. The summed E-state index contributed by atoms with van der Waals surface area (Å²) in [7, 11) is 1.59. The molecule has 0 aliphatic carbocycles. The Morgan fingerprint density at radius 3 is 2.45 bits per heavy atom. The SMILES string of the molecule is COc1ccccc1NC(=O)C1CCN(CC(=O)NCCc2ccccc2)CC1. The van der Waals surface area contributed by atoms with Crippen molar-refractivity contribution < 1.29 is 14.3 Å². The molecule has 0 radical (unpaired) electrons. The molecule has 2 aromatic rings. The van der Waals surface area contributed by atoms with Crippen LogP contribution in [0, 0.1) is 5.92 Å². The molecule has 0 aromatic heterocycles.